The van der Waals surface area contributed by atoms with Gasteiger partial charge in [-0.15, -0.1) is 21.5 Å². The molecule has 3 heterocycles. The molecule has 0 atom stereocenters. The number of hydrogen-bond donors (Lipinski definition) is 1. The van der Waals surface area contributed by atoms with Gasteiger partial charge in [0, 0.05) is 16.9 Å². The van der Waals surface area contributed by atoms with Crippen molar-refractivity contribution in [1.29, 1.82) is 0 Å². The van der Waals surface area contributed by atoms with Crippen molar-refractivity contribution in [2.75, 3.05) is 17.7 Å². The van der Waals surface area contributed by atoms with Crippen molar-refractivity contribution in [3.05, 3.63) is 46.3 Å². The summed E-state index contributed by atoms with van der Waals surface area (Å²) in [4.78, 5) is 27.1. The van der Waals surface area contributed by atoms with E-state index in [2.05, 4.69) is 20.7 Å². The Hall–Kier alpha value is -3.12. The second kappa shape index (κ2) is 9.79. The molecule has 0 saturated carbocycles. The van der Waals surface area contributed by atoms with E-state index in [1.54, 1.807) is 6.92 Å². The van der Waals surface area contributed by atoms with E-state index in [-0.39, 0.29) is 42.4 Å². The van der Waals surface area contributed by atoms with E-state index in [1.807, 2.05) is 30.3 Å². The zero-order chi connectivity index (χ0) is 23.4. The maximum atomic E-state index is 12.6. The molecule has 0 aliphatic carbocycles. The lowest BCUT2D eigenvalue weighted by Gasteiger charge is -2.13. The Kier molecular flexibility index (Phi) is 6.84. The third-order valence-electron chi connectivity index (χ3n) is 5.08. The molecule has 0 unspecified atom stereocenters. The second-order valence-corrected chi connectivity index (χ2v) is 10.8. The number of hydrogen-bond acceptors (Lipinski definition) is 9. The standard InChI is InChI=1S/C21H23N5O5S2/c1-2-31-21(28)18-15-10-12-33(29,30)13-16(15)32-20(18)22-17(27)9-6-11-26-24-19(23-25-26)14-7-4-3-5-8-14/h3-5,7-8H,2,6,9-13H2,1H3,(H,22,27). The predicted molar refractivity (Wildman–Crippen MR) is 123 cm³/mol. The van der Waals surface area contributed by atoms with Crippen LogP contribution in [0.5, 0.6) is 0 Å². The zero-order valence-corrected chi connectivity index (χ0v) is 19.6. The summed E-state index contributed by atoms with van der Waals surface area (Å²) >= 11 is 1.13. The Morgan fingerprint density at radius 1 is 1.24 bits per heavy atom. The average molecular weight is 490 g/mol. The van der Waals surface area contributed by atoms with Crippen LogP contribution in [0.1, 0.15) is 40.6 Å². The molecule has 3 aromatic rings. The number of aromatic nitrogens is 4. The molecule has 12 heteroatoms. The third kappa shape index (κ3) is 5.45. The van der Waals surface area contributed by atoms with Crippen molar-refractivity contribution in [1.82, 2.24) is 20.2 Å². The molecule has 1 aliphatic heterocycles. The first-order chi connectivity index (χ1) is 15.9. The summed E-state index contributed by atoms with van der Waals surface area (Å²) in [5.74, 6) is -0.475. The molecule has 1 N–H and O–H groups in total. The summed E-state index contributed by atoms with van der Waals surface area (Å²) in [5.41, 5.74) is 1.78. The minimum atomic E-state index is -3.21. The van der Waals surface area contributed by atoms with Crippen LogP contribution < -0.4 is 5.32 Å². The Morgan fingerprint density at radius 3 is 2.79 bits per heavy atom. The molecule has 0 saturated heterocycles. The molecule has 0 fully saturated rings. The second-order valence-electron chi connectivity index (χ2n) is 7.50. The number of aryl methyl sites for hydroxylation is 1. The van der Waals surface area contributed by atoms with Gasteiger partial charge in [0.25, 0.3) is 0 Å². The number of nitrogens with one attached hydrogen (secondary N) is 1. The number of fused-ring (bicyclic) bond motifs is 1. The fourth-order valence-corrected chi connectivity index (χ4v) is 6.60. The van der Waals surface area contributed by atoms with Crippen LogP contribution in [0.2, 0.25) is 0 Å². The van der Waals surface area contributed by atoms with Gasteiger partial charge in [0.15, 0.2) is 9.84 Å². The van der Waals surface area contributed by atoms with Crippen LogP contribution in [0.15, 0.2) is 30.3 Å². The molecule has 1 amide bonds. The number of amides is 1. The average Bonchev–Trinajstić information content (AvgIpc) is 3.38. The van der Waals surface area contributed by atoms with Crippen molar-refractivity contribution in [3.8, 4) is 11.4 Å². The van der Waals surface area contributed by atoms with Gasteiger partial charge in [-0.3, -0.25) is 4.79 Å². The molecular weight excluding hydrogens is 466 g/mol. The molecule has 2 aromatic heterocycles. The first-order valence-corrected chi connectivity index (χ1v) is 13.1. The number of anilines is 1. The lowest BCUT2D eigenvalue weighted by molar-refractivity contribution is -0.116. The highest BCUT2D eigenvalue weighted by Gasteiger charge is 2.32. The monoisotopic (exact) mass is 489 g/mol. The number of carbonyl (C=O) groups is 2. The fourth-order valence-electron chi connectivity index (χ4n) is 3.54. The third-order valence-corrected chi connectivity index (χ3v) is 7.97. The molecule has 1 aromatic carbocycles. The van der Waals surface area contributed by atoms with Crippen LogP contribution in [0, 0.1) is 0 Å². The number of benzene rings is 1. The highest BCUT2D eigenvalue weighted by atomic mass is 32.2. The van der Waals surface area contributed by atoms with Crippen molar-refractivity contribution >= 4 is 38.1 Å². The zero-order valence-electron chi connectivity index (χ0n) is 18.0. The van der Waals surface area contributed by atoms with Gasteiger partial charge in [-0.25, -0.2) is 13.2 Å². The van der Waals surface area contributed by atoms with Crippen molar-refractivity contribution < 1.29 is 22.7 Å². The van der Waals surface area contributed by atoms with Gasteiger partial charge >= 0.3 is 5.97 Å². The number of nitrogens with zero attached hydrogens (tertiary/aromatic N) is 4. The molecule has 0 bridgehead atoms. The van der Waals surface area contributed by atoms with Crippen LogP contribution in [0.25, 0.3) is 11.4 Å². The summed E-state index contributed by atoms with van der Waals surface area (Å²) in [6, 6.07) is 9.47. The lowest BCUT2D eigenvalue weighted by atomic mass is 10.1. The van der Waals surface area contributed by atoms with Crippen molar-refractivity contribution in [3.63, 3.8) is 0 Å². The number of rotatable bonds is 8. The Labute approximate surface area is 194 Å². The summed E-state index contributed by atoms with van der Waals surface area (Å²) in [6.45, 7) is 2.28. The van der Waals surface area contributed by atoms with Crippen molar-refractivity contribution in [2.45, 2.75) is 38.5 Å². The topological polar surface area (TPSA) is 133 Å². The van der Waals surface area contributed by atoms with Crippen LogP contribution in [0.4, 0.5) is 5.00 Å². The van der Waals surface area contributed by atoms with Gasteiger partial charge in [-0.05, 0) is 30.5 Å². The highest BCUT2D eigenvalue weighted by molar-refractivity contribution is 7.90. The lowest BCUT2D eigenvalue weighted by Crippen LogP contribution is -2.20. The van der Waals surface area contributed by atoms with Gasteiger partial charge < -0.3 is 10.1 Å². The molecule has 4 rings (SSSR count). The molecule has 33 heavy (non-hydrogen) atoms. The molecule has 10 nitrogen and oxygen atoms in total. The van der Waals surface area contributed by atoms with Gasteiger partial charge in [-0.2, -0.15) is 4.80 Å². The van der Waals surface area contributed by atoms with E-state index in [4.69, 9.17) is 4.74 Å². The number of ether oxygens (including phenoxy) is 1. The molecule has 174 valence electrons. The Morgan fingerprint density at radius 2 is 2.03 bits per heavy atom. The molecule has 1 aliphatic rings. The quantitative estimate of drug-likeness (QED) is 0.477. The van der Waals surface area contributed by atoms with Gasteiger partial charge in [0.2, 0.25) is 11.7 Å². The predicted octanol–water partition coefficient (Wildman–Crippen LogP) is 2.47. The first kappa shape index (κ1) is 23.1. The first-order valence-electron chi connectivity index (χ1n) is 10.5. The minimum Gasteiger partial charge on any atom is -0.462 e. The van der Waals surface area contributed by atoms with E-state index in [9.17, 15) is 18.0 Å². The van der Waals surface area contributed by atoms with Gasteiger partial charge in [-0.1, -0.05) is 30.3 Å². The van der Waals surface area contributed by atoms with E-state index in [0.717, 1.165) is 16.9 Å². The summed E-state index contributed by atoms with van der Waals surface area (Å²) in [7, 11) is -3.21. The Balaban J connectivity index is 1.40. The largest absolute Gasteiger partial charge is 0.462 e. The molecule has 0 radical (unpaired) electrons. The summed E-state index contributed by atoms with van der Waals surface area (Å²) in [6.07, 6.45) is 0.871. The number of sulfone groups is 1. The van der Waals surface area contributed by atoms with Crippen molar-refractivity contribution in [2.24, 2.45) is 0 Å². The van der Waals surface area contributed by atoms with Crippen LogP contribution >= 0.6 is 11.3 Å². The fraction of sp³-hybridized carbons (Fsp3) is 0.381. The summed E-state index contributed by atoms with van der Waals surface area (Å²) in [5, 5.41) is 15.5. The minimum absolute atomic E-state index is 0.0214. The van der Waals surface area contributed by atoms with E-state index in [0.29, 0.717) is 34.2 Å². The van der Waals surface area contributed by atoms with Crippen LogP contribution in [0.3, 0.4) is 0 Å². The molecule has 0 spiro atoms. The molecular formula is C21H23N5O5S2. The maximum Gasteiger partial charge on any atom is 0.341 e. The normalized spacial score (nSPS) is 14.5. The number of carbonyl (C=O) groups excluding carboxylic acids is 2. The summed E-state index contributed by atoms with van der Waals surface area (Å²) < 4.78 is 29.2. The van der Waals surface area contributed by atoms with E-state index >= 15 is 0 Å². The maximum absolute atomic E-state index is 12.6. The number of esters is 1. The van der Waals surface area contributed by atoms with Crippen LogP contribution in [-0.4, -0.2) is 52.9 Å². The number of thiophene rings is 1. The highest BCUT2D eigenvalue weighted by Crippen LogP contribution is 2.38. The number of tetrazole rings is 1. The van der Waals surface area contributed by atoms with Gasteiger partial charge in [0.1, 0.15) is 5.00 Å². The smallest absolute Gasteiger partial charge is 0.341 e. The van der Waals surface area contributed by atoms with E-state index < -0.39 is 15.8 Å². The SMILES string of the molecule is CCOC(=O)c1c(NC(=O)CCCn2nnc(-c3ccccc3)n2)sc2c1CCS(=O)(=O)C2. The van der Waals surface area contributed by atoms with Gasteiger partial charge in [0.05, 0.1) is 30.2 Å². The van der Waals surface area contributed by atoms with E-state index in [1.165, 1.54) is 4.80 Å². The Bertz CT molecular complexity index is 1270. The van der Waals surface area contributed by atoms with Crippen LogP contribution in [-0.2, 0) is 38.1 Å².